The minimum absolute atomic E-state index is 0.250. The zero-order valence-corrected chi connectivity index (χ0v) is 8.94. The third-order valence-corrected chi connectivity index (χ3v) is 3.55. The van der Waals surface area contributed by atoms with Gasteiger partial charge in [-0.25, -0.2) is 0 Å². The summed E-state index contributed by atoms with van der Waals surface area (Å²) < 4.78 is 0. The summed E-state index contributed by atoms with van der Waals surface area (Å²) in [6.45, 7) is 6.19. The van der Waals surface area contributed by atoms with Gasteiger partial charge in [0, 0.05) is 6.04 Å². The maximum Gasteiger partial charge on any atom is 0.232 e. The molecule has 1 aromatic heterocycles. The van der Waals surface area contributed by atoms with Crippen molar-refractivity contribution in [2.45, 2.75) is 33.2 Å². The van der Waals surface area contributed by atoms with Crippen LogP contribution in [0.15, 0.2) is 5.38 Å². The molecule has 0 radical (unpaired) electrons. The number of anilines is 1. The van der Waals surface area contributed by atoms with Gasteiger partial charge in [0.25, 0.3) is 0 Å². The number of hydrogen-bond donors (Lipinski definition) is 0. The first-order chi connectivity index (χ1) is 6.11. The quantitative estimate of drug-likeness (QED) is 0.673. The van der Waals surface area contributed by atoms with E-state index in [0.29, 0.717) is 6.42 Å². The molecule has 2 heterocycles. The highest BCUT2D eigenvalue weighted by molar-refractivity contribution is 7.15. The lowest BCUT2D eigenvalue weighted by Gasteiger charge is -2.19. The van der Waals surface area contributed by atoms with E-state index in [9.17, 15) is 4.79 Å². The SMILES string of the molecule is Cc1csc2c1CC(=O)N2C(C)C. The summed E-state index contributed by atoms with van der Waals surface area (Å²) in [7, 11) is 0. The lowest BCUT2D eigenvalue weighted by Crippen LogP contribution is -2.33. The second-order valence-corrected chi connectivity index (χ2v) is 4.59. The van der Waals surface area contributed by atoms with Crippen LogP contribution in [0.25, 0.3) is 0 Å². The number of thiophene rings is 1. The molecule has 2 nitrogen and oxygen atoms in total. The van der Waals surface area contributed by atoms with Gasteiger partial charge in [-0.2, -0.15) is 0 Å². The standard InChI is InChI=1S/C10H13NOS/c1-6(2)11-9(12)4-8-7(3)5-13-10(8)11/h5-6H,4H2,1-3H3. The summed E-state index contributed by atoms with van der Waals surface area (Å²) in [5.74, 6) is 0.250. The van der Waals surface area contributed by atoms with E-state index < -0.39 is 0 Å². The number of carbonyl (C=O) groups excluding carboxylic acids is 1. The Morgan fingerprint density at radius 1 is 1.54 bits per heavy atom. The highest BCUT2D eigenvalue weighted by atomic mass is 32.1. The molecule has 0 unspecified atom stereocenters. The molecule has 70 valence electrons. The van der Waals surface area contributed by atoms with Gasteiger partial charge >= 0.3 is 0 Å². The molecule has 1 aromatic rings. The van der Waals surface area contributed by atoms with Gasteiger partial charge in [0.2, 0.25) is 5.91 Å². The van der Waals surface area contributed by atoms with E-state index in [-0.39, 0.29) is 11.9 Å². The second-order valence-electron chi connectivity index (χ2n) is 3.74. The van der Waals surface area contributed by atoms with Crippen LogP contribution in [-0.2, 0) is 11.2 Å². The van der Waals surface area contributed by atoms with Crippen LogP contribution in [0.4, 0.5) is 5.00 Å². The molecule has 0 bridgehead atoms. The van der Waals surface area contributed by atoms with Crippen LogP contribution in [0, 0.1) is 6.92 Å². The van der Waals surface area contributed by atoms with E-state index in [2.05, 4.69) is 26.2 Å². The molecule has 0 fully saturated rings. The van der Waals surface area contributed by atoms with E-state index in [0.717, 1.165) is 5.00 Å². The van der Waals surface area contributed by atoms with Crippen LogP contribution in [0.1, 0.15) is 25.0 Å². The van der Waals surface area contributed by atoms with E-state index in [4.69, 9.17) is 0 Å². The van der Waals surface area contributed by atoms with Crippen molar-refractivity contribution in [3.63, 3.8) is 0 Å². The summed E-state index contributed by atoms with van der Waals surface area (Å²) in [5, 5.41) is 3.30. The highest BCUT2D eigenvalue weighted by Crippen LogP contribution is 2.38. The minimum Gasteiger partial charge on any atom is -0.301 e. The molecule has 3 heteroatoms. The van der Waals surface area contributed by atoms with Crippen molar-refractivity contribution in [1.29, 1.82) is 0 Å². The molecule has 13 heavy (non-hydrogen) atoms. The largest absolute Gasteiger partial charge is 0.301 e. The van der Waals surface area contributed by atoms with Gasteiger partial charge in [-0.05, 0) is 37.3 Å². The predicted molar refractivity (Wildman–Crippen MR) is 55.4 cm³/mol. The van der Waals surface area contributed by atoms with Crippen LogP contribution in [-0.4, -0.2) is 11.9 Å². The number of nitrogens with zero attached hydrogens (tertiary/aromatic N) is 1. The molecule has 0 N–H and O–H groups in total. The lowest BCUT2D eigenvalue weighted by molar-refractivity contribution is -0.117. The topological polar surface area (TPSA) is 20.3 Å². The van der Waals surface area contributed by atoms with Crippen LogP contribution >= 0.6 is 11.3 Å². The van der Waals surface area contributed by atoms with Crippen LogP contribution in [0.5, 0.6) is 0 Å². The van der Waals surface area contributed by atoms with Gasteiger partial charge in [0.15, 0.2) is 0 Å². The van der Waals surface area contributed by atoms with Gasteiger partial charge in [0.1, 0.15) is 5.00 Å². The molecule has 1 aliphatic rings. The summed E-state index contributed by atoms with van der Waals surface area (Å²) in [6, 6.07) is 0.284. The Kier molecular flexibility index (Phi) is 1.91. The Hall–Kier alpha value is -0.830. The molecule has 0 aliphatic carbocycles. The Morgan fingerprint density at radius 3 is 2.85 bits per heavy atom. The van der Waals surface area contributed by atoms with Gasteiger partial charge in [0.05, 0.1) is 6.42 Å². The summed E-state index contributed by atoms with van der Waals surface area (Å²) >= 11 is 1.68. The molecular formula is C10H13NOS. The first-order valence-corrected chi connectivity index (χ1v) is 5.38. The third kappa shape index (κ3) is 1.18. The lowest BCUT2D eigenvalue weighted by atomic mass is 10.2. The highest BCUT2D eigenvalue weighted by Gasteiger charge is 2.31. The summed E-state index contributed by atoms with van der Waals surface area (Å²) in [4.78, 5) is 13.5. The second kappa shape index (κ2) is 2.84. The summed E-state index contributed by atoms with van der Waals surface area (Å²) in [6.07, 6.45) is 0.600. The normalized spacial score (nSPS) is 15.7. The van der Waals surface area contributed by atoms with E-state index in [1.54, 1.807) is 11.3 Å². The molecular weight excluding hydrogens is 182 g/mol. The van der Waals surface area contributed by atoms with Crippen molar-refractivity contribution in [2.75, 3.05) is 4.90 Å². The van der Waals surface area contributed by atoms with E-state index in [1.807, 2.05) is 4.90 Å². The maximum atomic E-state index is 11.6. The smallest absolute Gasteiger partial charge is 0.232 e. The van der Waals surface area contributed by atoms with Gasteiger partial charge in [-0.1, -0.05) is 0 Å². The molecule has 0 saturated carbocycles. The minimum atomic E-state index is 0.250. The zero-order chi connectivity index (χ0) is 9.59. The molecule has 0 atom stereocenters. The number of carbonyl (C=O) groups is 1. The van der Waals surface area contributed by atoms with Crippen LogP contribution in [0.3, 0.4) is 0 Å². The van der Waals surface area contributed by atoms with E-state index in [1.165, 1.54) is 11.1 Å². The molecule has 0 aromatic carbocycles. The number of aryl methyl sites for hydroxylation is 1. The number of hydrogen-bond acceptors (Lipinski definition) is 2. The van der Waals surface area contributed by atoms with Gasteiger partial charge < -0.3 is 4.90 Å². The average molecular weight is 195 g/mol. The van der Waals surface area contributed by atoms with Crippen molar-refractivity contribution in [1.82, 2.24) is 0 Å². The molecule has 1 amide bonds. The fraction of sp³-hybridized carbons (Fsp3) is 0.500. The van der Waals surface area contributed by atoms with Gasteiger partial charge in [-0.3, -0.25) is 4.79 Å². The average Bonchev–Trinajstić information content (AvgIpc) is 2.51. The molecule has 2 rings (SSSR count). The van der Waals surface area contributed by atoms with Crippen molar-refractivity contribution in [2.24, 2.45) is 0 Å². The predicted octanol–water partition coefficient (Wildman–Crippen LogP) is 2.35. The van der Waals surface area contributed by atoms with Gasteiger partial charge in [-0.15, -0.1) is 11.3 Å². The number of rotatable bonds is 1. The molecule has 1 aliphatic heterocycles. The monoisotopic (exact) mass is 195 g/mol. The summed E-state index contributed by atoms with van der Waals surface area (Å²) in [5.41, 5.74) is 2.50. The number of amides is 1. The molecule has 0 spiro atoms. The number of fused-ring (bicyclic) bond motifs is 1. The Labute approximate surface area is 82.2 Å². The van der Waals surface area contributed by atoms with Crippen molar-refractivity contribution in [3.8, 4) is 0 Å². The fourth-order valence-corrected chi connectivity index (χ4v) is 2.98. The zero-order valence-electron chi connectivity index (χ0n) is 8.13. The van der Waals surface area contributed by atoms with E-state index >= 15 is 0 Å². The maximum absolute atomic E-state index is 11.6. The fourth-order valence-electron chi connectivity index (χ4n) is 1.74. The molecule has 0 saturated heterocycles. The van der Waals surface area contributed by atoms with Crippen LogP contribution in [0.2, 0.25) is 0 Å². The Morgan fingerprint density at radius 2 is 2.23 bits per heavy atom. The van der Waals surface area contributed by atoms with Crippen molar-refractivity contribution < 1.29 is 4.79 Å². The Balaban J connectivity index is 2.46. The third-order valence-electron chi connectivity index (χ3n) is 2.41. The van der Waals surface area contributed by atoms with Crippen LogP contribution < -0.4 is 4.90 Å². The first kappa shape index (κ1) is 8.75. The first-order valence-electron chi connectivity index (χ1n) is 4.50. The Bertz CT molecular complexity index is 354. The van der Waals surface area contributed by atoms with Crippen molar-refractivity contribution in [3.05, 3.63) is 16.5 Å². The van der Waals surface area contributed by atoms with Crippen molar-refractivity contribution >= 4 is 22.2 Å².